The molecule has 1 heterocycles. The average molecular weight is 466 g/mol. The normalized spacial score (nSPS) is 10.8. The van der Waals surface area contributed by atoms with E-state index >= 15 is 0 Å². The Bertz CT molecular complexity index is 1440. The number of nitrogens with one attached hydrogen (secondary N) is 2. The first-order valence-electron chi connectivity index (χ1n) is 9.83. The molecule has 1 amide bonds. The van der Waals surface area contributed by atoms with Gasteiger partial charge in [0.1, 0.15) is 5.75 Å². The van der Waals surface area contributed by atoms with E-state index in [2.05, 4.69) is 10.3 Å². The standard InChI is InChI=1S/C24H20ClN3O3S/c1-14-3-7-17(12-20(14)25)26-22(29)16-6-10-19-21(11-16)27-24(32)28(23(19)30)13-15-4-8-18(31-2)9-5-15/h3-12H,13H2,1-2H3,(H,26,29)(H,27,32). The molecule has 4 aromatic rings. The van der Waals surface area contributed by atoms with E-state index in [1.807, 2.05) is 37.3 Å². The lowest BCUT2D eigenvalue weighted by molar-refractivity contribution is 0.102. The summed E-state index contributed by atoms with van der Waals surface area (Å²) < 4.78 is 6.94. The fourth-order valence-electron chi connectivity index (χ4n) is 3.33. The number of aromatic nitrogens is 2. The van der Waals surface area contributed by atoms with Gasteiger partial charge in [-0.05, 0) is 72.7 Å². The van der Waals surface area contributed by atoms with E-state index < -0.39 is 0 Å². The second kappa shape index (κ2) is 8.98. The van der Waals surface area contributed by atoms with E-state index in [0.717, 1.165) is 16.9 Å². The van der Waals surface area contributed by atoms with Crippen LogP contribution in [0, 0.1) is 11.7 Å². The summed E-state index contributed by atoms with van der Waals surface area (Å²) in [6, 6.07) is 17.6. The lowest BCUT2D eigenvalue weighted by atomic mass is 10.1. The average Bonchev–Trinajstić information content (AvgIpc) is 2.79. The molecule has 4 rings (SSSR count). The van der Waals surface area contributed by atoms with Gasteiger partial charge in [-0.15, -0.1) is 0 Å². The van der Waals surface area contributed by atoms with E-state index in [0.29, 0.717) is 33.7 Å². The molecule has 3 aromatic carbocycles. The zero-order valence-corrected chi connectivity index (χ0v) is 19.0. The van der Waals surface area contributed by atoms with Gasteiger partial charge in [0.25, 0.3) is 11.5 Å². The van der Waals surface area contributed by atoms with Crippen LogP contribution in [0.1, 0.15) is 21.5 Å². The molecular formula is C24H20ClN3O3S. The number of fused-ring (bicyclic) bond motifs is 1. The maximum Gasteiger partial charge on any atom is 0.262 e. The van der Waals surface area contributed by atoms with Gasteiger partial charge in [-0.1, -0.05) is 29.8 Å². The van der Waals surface area contributed by atoms with E-state index in [1.54, 1.807) is 37.4 Å². The summed E-state index contributed by atoms with van der Waals surface area (Å²) in [5.74, 6) is 0.428. The van der Waals surface area contributed by atoms with Crippen LogP contribution in [0.5, 0.6) is 5.75 Å². The number of aromatic amines is 1. The summed E-state index contributed by atoms with van der Waals surface area (Å²) >= 11 is 11.6. The zero-order chi connectivity index (χ0) is 22.8. The van der Waals surface area contributed by atoms with Crippen LogP contribution in [-0.4, -0.2) is 22.6 Å². The lowest BCUT2D eigenvalue weighted by Gasteiger charge is -2.10. The van der Waals surface area contributed by atoms with Gasteiger partial charge in [0.15, 0.2) is 4.77 Å². The predicted octanol–water partition coefficient (Wildman–Crippen LogP) is 5.33. The van der Waals surface area contributed by atoms with Crippen LogP contribution in [0.25, 0.3) is 10.9 Å². The van der Waals surface area contributed by atoms with Crippen LogP contribution < -0.4 is 15.6 Å². The van der Waals surface area contributed by atoms with Crippen molar-refractivity contribution in [1.82, 2.24) is 9.55 Å². The third kappa shape index (κ3) is 4.44. The van der Waals surface area contributed by atoms with Crippen molar-refractivity contribution in [1.29, 1.82) is 0 Å². The number of halogens is 1. The Labute approximate surface area is 194 Å². The molecule has 0 saturated carbocycles. The number of hydrogen-bond donors (Lipinski definition) is 2. The minimum absolute atomic E-state index is 0.225. The molecule has 2 N–H and O–H groups in total. The smallest absolute Gasteiger partial charge is 0.262 e. The molecule has 0 aliphatic heterocycles. The van der Waals surface area contributed by atoms with Crippen LogP contribution in [0.4, 0.5) is 5.69 Å². The van der Waals surface area contributed by atoms with Gasteiger partial charge >= 0.3 is 0 Å². The van der Waals surface area contributed by atoms with Gasteiger partial charge in [-0.2, -0.15) is 0 Å². The van der Waals surface area contributed by atoms with Gasteiger partial charge < -0.3 is 15.0 Å². The Hall–Kier alpha value is -3.42. The topological polar surface area (TPSA) is 76.1 Å². The quantitative estimate of drug-likeness (QED) is 0.390. The predicted molar refractivity (Wildman–Crippen MR) is 130 cm³/mol. The summed E-state index contributed by atoms with van der Waals surface area (Å²) in [5, 5.41) is 3.84. The van der Waals surface area contributed by atoms with E-state index in [9.17, 15) is 9.59 Å². The molecule has 162 valence electrons. The number of aryl methyl sites for hydroxylation is 1. The molecule has 6 nitrogen and oxygen atoms in total. The summed E-state index contributed by atoms with van der Waals surface area (Å²) in [7, 11) is 1.60. The van der Waals surface area contributed by atoms with Crippen molar-refractivity contribution in [2.45, 2.75) is 13.5 Å². The Morgan fingerprint density at radius 3 is 2.56 bits per heavy atom. The Balaban J connectivity index is 1.64. The summed E-state index contributed by atoms with van der Waals surface area (Å²) in [4.78, 5) is 28.8. The maximum atomic E-state index is 13.1. The summed E-state index contributed by atoms with van der Waals surface area (Å²) in [6.45, 7) is 2.21. The van der Waals surface area contributed by atoms with Crippen LogP contribution in [-0.2, 0) is 6.54 Å². The molecule has 0 spiro atoms. The highest BCUT2D eigenvalue weighted by molar-refractivity contribution is 7.71. The number of nitrogens with zero attached hydrogens (tertiary/aromatic N) is 1. The molecular weight excluding hydrogens is 446 g/mol. The molecule has 0 saturated heterocycles. The van der Waals surface area contributed by atoms with E-state index in [4.69, 9.17) is 28.6 Å². The van der Waals surface area contributed by atoms with Crippen molar-refractivity contribution in [3.63, 3.8) is 0 Å². The number of anilines is 1. The van der Waals surface area contributed by atoms with Gasteiger partial charge in [0.05, 0.1) is 24.6 Å². The molecule has 0 aliphatic rings. The van der Waals surface area contributed by atoms with Crippen molar-refractivity contribution in [3.05, 3.63) is 97.5 Å². The molecule has 0 atom stereocenters. The highest BCUT2D eigenvalue weighted by Crippen LogP contribution is 2.21. The molecule has 32 heavy (non-hydrogen) atoms. The molecule has 0 unspecified atom stereocenters. The van der Waals surface area contributed by atoms with E-state index in [1.165, 1.54) is 4.57 Å². The van der Waals surface area contributed by atoms with Crippen molar-refractivity contribution in [3.8, 4) is 5.75 Å². The number of benzene rings is 3. The molecule has 8 heteroatoms. The van der Waals surface area contributed by atoms with Gasteiger partial charge in [-0.3, -0.25) is 14.2 Å². The third-order valence-electron chi connectivity index (χ3n) is 5.17. The van der Waals surface area contributed by atoms with E-state index in [-0.39, 0.29) is 16.2 Å². The molecule has 0 fully saturated rings. The summed E-state index contributed by atoms with van der Waals surface area (Å²) in [6.07, 6.45) is 0. The first-order valence-corrected chi connectivity index (χ1v) is 10.6. The Morgan fingerprint density at radius 2 is 1.88 bits per heavy atom. The summed E-state index contributed by atoms with van der Waals surface area (Å²) in [5.41, 5.74) is 3.10. The van der Waals surface area contributed by atoms with Crippen molar-refractivity contribution in [2.75, 3.05) is 12.4 Å². The first-order chi connectivity index (χ1) is 15.4. The maximum absolute atomic E-state index is 13.1. The second-order valence-electron chi connectivity index (χ2n) is 7.35. The second-order valence-corrected chi connectivity index (χ2v) is 8.14. The lowest BCUT2D eigenvalue weighted by Crippen LogP contribution is -2.23. The number of amides is 1. The van der Waals surface area contributed by atoms with Gasteiger partial charge in [0.2, 0.25) is 0 Å². The molecule has 0 bridgehead atoms. The number of ether oxygens (including phenoxy) is 1. The zero-order valence-electron chi connectivity index (χ0n) is 17.4. The Morgan fingerprint density at radius 1 is 1.12 bits per heavy atom. The number of H-pyrrole nitrogens is 1. The highest BCUT2D eigenvalue weighted by atomic mass is 35.5. The number of methoxy groups -OCH3 is 1. The van der Waals surface area contributed by atoms with Crippen LogP contribution in [0.3, 0.4) is 0 Å². The number of carbonyl (C=O) groups excluding carboxylic acids is 1. The monoisotopic (exact) mass is 465 g/mol. The number of hydrogen-bond acceptors (Lipinski definition) is 4. The first kappa shape index (κ1) is 21.8. The van der Waals surface area contributed by atoms with Crippen molar-refractivity contribution in [2.24, 2.45) is 0 Å². The van der Waals surface area contributed by atoms with Crippen LogP contribution >= 0.6 is 23.8 Å². The number of carbonyl (C=O) groups is 1. The fraction of sp³-hybridized carbons (Fsp3) is 0.125. The van der Waals surface area contributed by atoms with Crippen molar-refractivity contribution >= 4 is 46.3 Å². The largest absolute Gasteiger partial charge is 0.497 e. The third-order valence-corrected chi connectivity index (χ3v) is 5.90. The van der Waals surface area contributed by atoms with Gasteiger partial charge in [0, 0.05) is 16.3 Å². The van der Waals surface area contributed by atoms with Gasteiger partial charge in [-0.25, -0.2) is 0 Å². The molecule has 0 aliphatic carbocycles. The SMILES string of the molecule is COc1ccc(Cn2c(=S)[nH]c3cc(C(=O)Nc4ccc(C)c(Cl)c4)ccc3c2=O)cc1. The molecule has 1 aromatic heterocycles. The minimum atomic E-state index is -0.312. The Kier molecular flexibility index (Phi) is 6.12. The highest BCUT2D eigenvalue weighted by Gasteiger charge is 2.12. The van der Waals surface area contributed by atoms with Crippen LogP contribution in [0.2, 0.25) is 5.02 Å². The molecule has 0 radical (unpaired) electrons. The number of rotatable bonds is 5. The fourth-order valence-corrected chi connectivity index (χ4v) is 3.76. The van der Waals surface area contributed by atoms with Crippen LogP contribution in [0.15, 0.2) is 65.5 Å². The van der Waals surface area contributed by atoms with Crippen molar-refractivity contribution < 1.29 is 9.53 Å². The minimum Gasteiger partial charge on any atom is -0.497 e.